The zero-order chi connectivity index (χ0) is 30.6. The van der Waals surface area contributed by atoms with Crippen molar-refractivity contribution >= 4 is 28.4 Å². The standard InChI is InChI=1S/C33H36N6O4/c1-33(2,3)25-12-11-21(19-27-34-14-15-35-27)18-26(25)37-32(41)38-29-28(22-8-6-9-23(20-22)43-5)24-10-7-13-36-30(24)39(31(29)40)16-17-42-4/h6-15,18,20H,16-17,19H2,1-5H3,(H,34,35)(H2,37,38,41). The summed E-state index contributed by atoms with van der Waals surface area (Å²) < 4.78 is 12.3. The van der Waals surface area contributed by atoms with Crippen molar-refractivity contribution in [3.05, 3.63) is 100 Å². The van der Waals surface area contributed by atoms with E-state index in [9.17, 15) is 9.59 Å². The van der Waals surface area contributed by atoms with Gasteiger partial charge in [-0.05, 0) is 52.4 Å². The summed E-state index contributed by atoms with van der Waals surface area (Å²) in [6, 6.07) is 16.6. The third kappa shape index (κ3) is 6.44. The van der Waals surface area contributed by atoms with Crippen LogP contribution in [0.3, 0.4) is 0 Å². The van der Waals surface area contributed by atoms with Gasteiger partial charge >= 0.3 is 6.03 Å². The van der Waals surface area contributed by atoms with Crippen molar-refractivity contribution in [1.29, 1.82) is 0 Å². The molecule has 3 N–H and O–H groups in total. The summed E-state index contributed by atoms with van der Waals surface area (Å²) in [7, 11) is 3.16. The van der Waals surface area contributed by atoms with Gasteiger partial charge in [0.25, 0.3) is 5.56 Å². The Morgan fingerprint density at radius 3 is 2.56 bits per heavy atom. The van der Waals surface area contributed by atoms with Gasteiger partial charge in [-0.3, -0.25) is 9.36 Å². The lowest BCUT2D eigenvalue weighted by Gasteiger charge is -2.24. The molecule has 0 unspecified atom stereocenters. The maximum atomic E-state index is 14.1. The number of rotatable bonds is 9. The van der Waals surface area contributed by atoms with Crippen molar-refractivity contribution in [2.75, 3.05) is 31.5 Å². The number of benzene rings is 2. The molecule has 3 heterocycles. The quantitative estimate of drug-likeness (QED) is 0.197. The maximum absolute atomic E-state index is 14.1. The van der Waals surface area contributed by atoms with Crippen LogP contribution in [-0.2, 0) is 23.1 Å². The Morgan fingerprint density at radius 2 is 1.84 bits per heavy atom. The summed E-state index contributed by atoms with van der Waals surface area (Å²) in [5, 5.41) is 6.64. The van der Waals surface area contributed by atoms with E-state index in [0.29, 0.717) is 46.6 Å². The first kappa shape index (κ1) is 29.5. The summed E-state index contributed by atoms with van der Waals surface area (Å²) in [6.07, 6.45) is 5.72. The number of hydrogen-bond acceptors (Lipinski definition) is 6. The Labute approximate surface area is 250 Å². The monoisotopic (exact) mass is 580 g/mol. The van der Waals surface area contributed by atoms with E-state index in [1.807, 2.05) is 48.5 Å². The molecule has 3 aromatic heterocycles. The predicted molar refractivity (Wildman–Crippen MR) is 169 cm³/mol. The van der Waals surface area contributed by atoms with Gasteiger partial charge in [-0.25, -0.2) is 14.8 Å². The molecule has 43 heavy (non-hydrogen) atoms. The van der Waals surface area contributed by atoms with Gasteiger partial charge in [0.15, 0.2) is 0 Å². The highest BCUT2D eigenvalue weighted by Gasteiger charge is 2.23. The molecule has 0 atom stereocenters. The number of carbonyl (C=O) groups excluding carboxylic acids is 1. The fourth-order valence-electron chi connectivity index (χ4n) is 5.18. The lowest BCUT2D eigenvalue weighted by molar-refractivity contribution is 0.187. The minimum Gasteiger partial charge on any atom is -0.497 e. The van der Waals surface area contributed by atoms with Crippen LogP contribution < -0.4 is 20.9 Å². The van der Waals surface area contributed by atoms with Gasteiger partial charge in [-0.1, -0.05) is 45.0 Å². The fraction of sp³-hybridized carbons (Fsp3) is 0.273. The molecule has 2 amide bonds. The van der Waals surface area contributed by atoms with Crippen LogP contribution in [0.2, 0.25) is 0 Å². The van der Waals surface area contributed by atoms with E-state index in [0.717, 1.165) is 17.0 Å². The molecule has 0 saturated carbocycles. The van der Waals surface area contributed by atoms with E-state index in [-0.39, 0.29) is 23.2 Å². The van der Waals surface area contributed by atoms with Crippen molar-refractivity contribution in [1.82, 2.24) is 19.5 Å². The highest BCUT2D eigenvalue weighted by Crippen LogP contribution is 2.35. The molecule has 0 fully saturated rings. The molecule has 0 aliphatic rings. The Hall–Kier alpha value is -4.96. The molecule has 5 rings (SSSR count). The Morgan fingerprint density at radius 1 is 1.00 bits per heavy atom. The molecule has 10 nitrogen and oxygen atoms in total. The average Bonchev–Trinajstić information content (AvgIpc) is 3.50. The number of nitrogens with zero attached hydrogens (tertiary/aromatic N) is 3. The van der Waals surface area contributed by atoms with Crippen molar-refractivity contribution in [3.8, 4) is 16.9 Å². The number of anilines is 2. The number of urea groups is 1. The summed E-state index contributed by atoms with van der Waals surface area (Å²) in [4.78, 5) is 39.8. The van der Waals surface area contributed by atoms with Gasteiger partial charge in [-0.2, -0.15) is 0 Å². The van der Waals surface area contributed by atoms with E-state index in [1.54, 1.807) is 38.9 Å². The van der Waals surface area contributed by atoms with E-state index >= 15 is 0 Å². The molecular formula is C33H36N6O4. The van der Waals surface area contributed by atoms with Crippen LogP contribution >= 0.6 is 0 Å². The number of nitrogens with one attached hydrogen (secondary N) is 3. The minimum atomic E-state index is -0.538. The first-order chi connectivity index (χ1) is 20.7. The predicted octanol–water partition coefficient (Wildman–Crippen LogP) is 5.97. The van der Waals surface area contributed by atoms with E-state index in [4.69, 9.17) is 9.47 Å². The lowest BCUT2D eigenvalue weighted by atomic mass is 9.85. The molecular weight excluding hydrogens is 544 g/mol. The van der Waals surface area contributed by atoms with Crippen molar-refractivity contribution in [2.45, 2.75) is 39.2 Å². The molecule has 2 aromatic carbocycles. The maximum Gasteiger partial charge on any atom is 0.323 e. The average molecular weight is 581 g/mol. The second-order valence-corrected chi connectivity index (χ2v) is 11.2. The van der Waals surface area contributed by atoms with Crippen LogP contribution in [0.4, 0.5) is 16.2 Å². The van der Waals surface area contributed by atoms with Gasteiger partial charge in [0.05, 0.1) is 20.3 Å². The van der Waals surface area contributed by atoms with Crippen molar-refractivity contribution in [3.63, 3.8) is 0 Å². The second kappa shape index (κ2) is 12.5. The summed E-state index contributed by atoms with van der Waals surface area (Å²) in [5.74, 6) is 1.44. The lowest BCUT2D eigenvalue weighted by Crippen LogP contribution is -2.31. The van der Waals surface area contributed by atoms with Crippen molar-refractivity contribution in [2.24, 2.45) is 0 Å². The highest BCUT2D eigenvalue weighted by molar-refractivity contribution is 6.07. The largest absolute Gasteiger partial charge is 0.497 e. The number of hydrogen-bond donors (Lipinski definition) is 3. The zero-order valence-corrected chi connectivity index (χ0v) is 25.0. The summed E-state index contributed by atoms with van der Waals surface area (Å²) >= 11 is 0. The van der Waals surface area contributed by atoms with Crippen molar-refractivity contribution < 1.29 is 14.3 Å². The van der Waals surface area contributed by atoms with E-state index in [2.05, 4.69) is 46.4 Å². The summed E-state index contributed by atoms with van der Waals surface area (Å²) in [6.45, 7) is 6.82. The van der Waals surface area contributed by atoms with Gasteiger partial charge in [0.2, 0.25) is 0 Å². The van der Waals surface area contributed by atoms with Gasteiger partial charge in [-0.15, -0.1) is 0 Å². The SMILES string of the molecule is COCCn1c(=O)c(NC(=O)Nc2cc(Cc3ncc[nH]3)ccc2C(C)(C)C)c(-c2cccc(OC)c2)c2cccnc21. The van der Waals surface area contributed by atoms with Crippen LogP contribution in [0.25, 0.3) is 22.2 Å². The van der Waals surface area contributed by atoms with Crippen LogP contribution in [0.1, 0.15) is 37.7 Å². The Balaban J connectivity index is 1.60. The van der Waals surface area contributed by atoms with Crippen LogP contribution in [-0.4, -0.2) is 46.4 Å². The topological polar surface area (TPSA) is 123 Å². The summed E-state index contributed by atoms with van der Waals surface area (Å²) in [5.41, 5.74) is 3.84. The highest BCUT2D eigenvalue weighted by atomic mass is 16.5. The molecule has 10 heteroatoms. The molecule has 5 aromatic rings. The number of aromatic amines is 1. The second-order valence-electron chi connectivity index (χ2n) is 11.2. The third-order valence-corrected chi connectivity index (χ3v) is 7.20. The molecule has 0 aliphatic heterocycles. The molecule has 0 bridgehead atoms. The van der Waals surface area contributed by atoms with Crippen LogP contribution in [0.15, 0.2) is 78.0 Å². The van der Waals surface area contributed by atoms with Gasteiger partial charge < -0.3 is 25.1 Å². The first-order valence-corrected chi connectivity index (χ1v) is 14.0. The number of aromatic nitrogens is 4. The molecule has 0 radical (unpaired) electrons. The smallest absolute Gasteiger partial charge is 0.323 e. The first-order valence-electron chi connectivity index (χ1n) is 14.0. The third-order valence-electron chi connectivity index (χ3n) is 7.20. The number of ether oxygens (including phenoxy) is 2. The molecule has 0 spiro atoms. The number of H-pyrrole nitrogens is 1. The number of methoxy groups -OCH3 is 2. The zero-order valence-electron chi connectivity index (χ0n) is 25.0. The van der Waals surface area contributed by atoms with Crippen LogP contribution in [0.5, 0.6) is 5.75 Å². The van der Waals surface area contributed by atoms with E-state index in [1.165, 1.54) is 4.57 Å². The molecule has 0 saturated heterocycles. The van der Waals surface area contributed by atoms with E-state index < -0.39 is 6.03 Å². The molecule has 222 valence electrons. The number of imidazole rings is 1. The number of fused-ring (bicyclic) bond motifs is 1. The number of amides is 2. The number of pyridine rings is 2. The Bertz CT molecular complexity index is 1810. The fourth-order valence-corrected chi connectivity index (χ4v) is 5.18. The van der Waals surface area contributed by atoms with Gasteiger partial charge in [0, 0.05) is 48.8 Å². The normalized spacial score (nSPS) is 11.5. The minimum absolute atomic E-state index is 0.131. The Kier molecular flexibility index (Phi) is 8.58. The molecule has 0 aliphatic carbocycles. The van der Waals surface area contributed by atoms with Crippen LogP contribution in [0, 0.1) is 0 Å². The number of carbonyl (C=O) groups is 1. The van der Waals surface area contributed by atoms with Gasteiger partial charge in [0.1, 0.15) is 22.9 Å².